The highest BCUT2D eigenvalue weighted by atomic mass is 32.2. The Morgan fingerprint density at radius 2 is 1.41 bits per heavy atom. The van der Waals surface area contributed by atoms with Crippen LogP contribution < -0.4 is 4.31 Å². The molecule has 4 heteroatoms. The zero-order valence-corrected chi connectivity index (χ0v) is 19.5. The summed E-state index contributed by atoms with van der Waals surface area (Å²) >= 11 is 0. The maximum Gasteiger partial charge on any atom is 0.264 e. The van der Waals surface area contributed by atoms with Crippen molar-refractivity contribution in [3.05, 3.63) is 72.3 Å². The van der Waals surface area contributed by atoms with Gasteiger partial charge in [0.2, 0.25) is 0 Å². The highest BCUT2D eigenvalue weighted by molar-refractivity contribution is 7.92. The van der Waals surface area contributed by atoms with Gasteiger partial charge in [-0.05, 0) is 109 Å². The molecule has 0 aromatic heterocycles. The van der Waals surface area contributed by atoms with Gasteiger partial charge in [-0.3, -0.25) is 4.31 Å². The second-order valence-electron chi connectivity index (χ2n) is 10.4. The third kappa shape index (κ3) is 3.18. The van der Waals surface area contributed by atoms with Crippen molar-refractivity contribution in [1.29, 1.82) is 0 Å². The molecule has 0 radical (unpaired) electrons. The first kappa shape index (κ1) is 20.3. The van der Waals surface area contributed by atoms with E-state index in [0.717, 1.165) is 34.2 Å². The molecule has 4 aliphatic carbocycles. The molecule has 3 aromatic carbocycles. The van der Waals surface area contributed by atoms with Crippen molar-refractivity contribution in [3.8, 4) is 0 Å². The van der Waals surface area contributed by atoms with Crippen LogP contribution in [0.4, 0.5) is 5.69 Å². The molecule has 4 saturated carbocycles. The largest absolute Gasteiger partial charge is 0.267 e. The monoisotopic (exact) mass is 445 g/mol. The molecule has 0 heterocycles. The molecular formula is C28H31NO2S. The molecule has 0 atom stereocenters. The number of nitrogens with zero attached hydrogens (tertiary/aromatic N) is 1. The minimum absolute atomic E-state index is 0.335. The van der Waals surface area contributed by atoms with E-state index in [1.807, 2.05) is 49.4 Å². The molecule has 32 heavy (non-hydrogen) atoms. The van der Waals surface area contributed by atoms with E-state index in [9.17, 15) is 8.42 Å². The summed E-state index contributed by atoms with van der Waals surface area (Å²) in [4.78, 5) is 0.350. The molecule has 0 N–H and O–H groups in total. The summed E-state index contributed by atoms with van der Waals surface area (Å²) in [5, 5.41) is 2.00. The second kappa shape index (κ2) is 7.34. The van der Waals surface area contributed by atoms with Crippen LogP contribution in [0.3, 0.4) is 0 Å². The summed E-state index contributed by atoms with van der Waals surface area (Å²) in [6.45, 7) is 2.32. The zero-order chi connectivity index (χ0) is 21.9. The Morgan fingerprint density at radius 1 is 0.812 bits per heavy atom. The van der Waals surface area contributed by atoms with Gasteiger partial charge < -0.3 is 0 Å². The number of sulfonamides is 1. The summed E-state index contributed by atoms with van der Waals surface area (Å²) in [6.07, 6.45) is 8.28. The van der Waals surface area contributed by atoms with Crippen molar-refractivity contribution in [2.24, 2.45) is 17.8 Å². The van der Waals surface area contributed by atoms with E-state index < -0.39 is 10.0 Å². The topological polar surface area (TPSA) is 37.4 Å². The van der Waals surface area contributed by atoms with Crippen LogP contribution >= 0.6 is 0 Å². The SMILES string of the molecule is CCN(c1ccc(C23CC4CC(CC(C4)C2)C3)cc1)S(=O)(=O)c1ccc2ccccc2c1. The van der Waals surface area contributed by atoms with Crippen molar-refractivity contribution < 1.29 is 8.42 Å². The van der Waals surface area contributed by atoms with Crippen LogP contribution in [0.25, 0.3) is 10.8 Å². The molecule has 0 unspecified atom stereocenters. The molecular weight excluding hydrogens is 414 g/mol. The molecule has 0 saturated heterocycles. The number of hydrogen-bond acceptors (Lipinski definition) is 2. The van der Waals surface area contributed by atoms with Gasteiger partial charge in [-0.2, -0.15) is 0 Å². The number of rotatable bonds is 5. The molecule has 166 valence electrons. The maximum absolute atomic E-state index is 13.5. The summed E-state index contributed by atoms with van der Waals surface area (Å²) < 4.78 is 28.6. The first-order valence-corrected chi connectivity index (χ1v) is 13.5. The summed E-state index contributed by atoms with van der Waals surface area (Å²) in [5.74, 6) is 2.71. The highest BCUT2D eigenvalue weighted by Gasteiger charge is 2.51. The average molecular weight is 446 g/mol. The van der Waals surface area contributed by atoms with E-state index in [4.69, 9.17) is 0 Å². The third-order valence-corrected chi connectivity index (χ3v) is 10.3. The summed E-state index contributed by atoms with van der Waals surface area (Å²) in [6, 6.07) is 21.8. The van der Waals surface area contributed by atoms with E-state index in [1.54, 1.807) is 16.4 Å². The maximum atomic E-state index is 13.5. The van der Waals surface area contributed by atoms with Gasteiger partial charge >= 0.3 is 0 Å². The Morgan fingerprint density at radius 3 is 2.00 bits per heavy atom. The Kier molecular flexibility index (Phi) is 4.66. The molecule has 4 bridgehead atoms. The molecule has 3 nitrogen and oxygen atoms in total. The van der Waals surface area contributed by atoms with E-state index in [-0.39, 0.29) is 0 Å². The van der Waals surface area contributed by atoms with Gasteiger partial charge in [0.25, 0.3) is 10.0 Å². The zero-order valence-electron chi connectivity index (χ0n) is 18.7. The first-order valence-electron chi connectivity index (χ1n) is 12.1. The van der Waals surface area contributed by atoms with Crippen molar-refractivity contribution in [3.63, 3.8) is 0 Å². The minimum atomic E-state index is -3.62. The lowest BCUT2D eigenvalue weighted by Crippen LogP contribution is -2.48. The molecule has 3 aromatic rings. The lowest BCUT2D eigenvalue weighted by Gasteiger charge is -2.57. The molecule has 0 amide bonds. The fourth-order valence-corrected chi connectivity index (χ4v) is 8.90. The molecule has 4 aliphatic rings. The van der Waals surface area contributed by atoms with Gasteiger partial charge in [-0.1, -0.05) is 42.5 Å². The Hall–Kier alpha value is -2.33. The van der Waals surface area contributed by atoms with E-state index >= 15 is 0 Å². The minimum Gasteiger partial charge on any atom is -0.267 e. The molecule has 0 spiro atoms. The van der Waals surface area contributed by atoms with Gasteiger partial charge in [0, 0.05) is 6.54 Å². The average Bonchev–Trinajstić information content (AvgIpc) is 2.78. The molecule has 0 aliphatic heterocycles. The number of anilines is 1. The second-order valence-corrected chi connectivity index (χ2v) is 12.3. The fourth-order valence-electron chi connectivity index (χ4n) is 7.39. The normalized spacial score (nSPS) is 28.8. The van der Waals surface area contributed by atoms with Crippen molar-refractivity contribution in [2.45, 2.75) is 55.8 Å². The van der Waals surface area contributed by atoms with Crippen LogP contribution in [0.2, 0.25) is 0 Å². The number of fused-ring (bicyclic) bond motifs is 1. The van der Waals surface area contributed by atoms with Crippen LogP contribution in [0.5, 0.6) is 0 Å². The van der Waals surface area contributed by atoms with Crippen LogP contribution in [0.15, 0.2) is 71.6 Å². The van der Waals surface area contributed by atoms with Crippen LogP contribution in [-0.2, 0) is 15.4 Å². The quantitative estimate of drug-likeness (QED) is 0.448. The van der Waals surface area contributed by atoms with Crippen molar-refractivity contribution in [1.82, 2.24) is 0 Å². The predicted octanol–water partition coefficient (Wildman–Crippen LogP) is 6.52. The van der Waals surface area contributed by atoms with Crippen LogP contribution in [0.1, 0.15) is 51.0 Å². The smallest absolute Gasteiger partial charge is 0.264 e. The predicted molar refractivity (Wildman–Crippen MR) is 130 cm³/mol. The summed E-state index contributed by atoms with van der Waals surface area (Å²) in [5.41, 5.74) is 2.52. The van der Waals surface area contributed by atoms with Gasteiger partial charge in [0.15, 0.2) is 0 Å². The first-order chi connectivity index (χ1) is 15.5. The lowest BCUT2D eigenvalue weighted by atomic mass is 9.48. The van der Waals surface area contributed by atoms with Crippen LogP contribution in [0, 0.1) is 17.8 Å². The van der Waals surface area contributed by atoms with Gasteiger partial charge in [-0.15, -0.1) is 0 Å². The van der Waals surface area contributed by atoms with Gasteiger partial charge in [0.05, 0.1) is 10.6 Å². The summed E-state index contributed by atoms with van der Waals surface area (Å²) in [7, 11) is -3.62. The number of benzene rings is 3. The Balaban J connectivity index is 1.32. The van der Waals surface area contributed by atoms with Gasteiger partial charge in [0.1, 0.15) is 0 Å². The van der Waals surface area contributed by atoms with Crippen LogP contribution in [-0.4, -0.2) is 15.0 Å². The van der Waals surface area contributed by atoms with Crippen molar-refractivity contribution in [2.75, 3.05) is 10.8 Å². The Labute approximate surface area is 191 Å². The standard InChI is InChI=1S/C28H31NO2S/c1-2-29(32(30,31)27-12-7-23-5-3-4-6-24(23)16-27)26-10-8-25(9-11-26)28-17-20-13-21(18-28)15-22(14-20)19-28/h3-12,16,20-22H,2,13-15,17-19H2,1H3. The van der Waals surface area contributed by atoms with Crippen molar-refractivity contribution >= 4 is 26.5 Å². The van der Waals surface area contributed by atoms with Gasteiger partial charge in [-0.25, -0.2) is 8.42 Å². The lowest BCUT2D eigenvalue weighted by molar-refractivity contribution is -0.00518. The van der Waals surface area contributed by atoms with E-state index in [1.165, 1.54) is 44.1 Å². The van der Waals surface area contributed by atoms with E-state index in [2.05, 4.69) is 12.1 Å². The molecule has 4 fully saturated rings. The highest BCUT2D eigenvalue weighted by Crippen LogP contribution is 2.60. The fraction of sp³-hybridized carbons (Fsp3) is 0.429. The third-order valence-electron chi connectivity index (χ3n) is 8.40. The molecule has 7 rings (SSSR count). The number of hydrogen-bond donors (Lipinski definition) is 0. The Bertz CT molecular complexity index is 1230. The van der Waals surface area contributed by atoms with E-state index in [0.29, 0.717) is 16.9 Å².